The molecule has 4 aromatic rings. The first-order valence-electron chi connectivity index (χ1n) is 11.8. The van der Waals surface area contributed by atoms with Crippen molar-refractivity contribution in [3.8, 4) is 5.75 Å². The number of thiophene rings is 1. The van der Waals surface area contributed by atoms with Gasteiger partial charge in [0.15, 0.2) is 0 Å². The second kappa shape index (κ2) is 11.7. The molecule has 0 atom stereocenters. The Labute approximate surface area is 222 Å². The molecule has 2 aromatic heterocycles. The summed E-state index contributed by atoms with van der Waals surface area (Å²) in [4.78, 5) is 56.0. The molecule has 0 saturated heterocycles. The van der Waals surface area contributed by atoms with E-state index in [1.54, 1.807) is 49.4 Å². The fraction of sp³-hybridized carbons (Fsp3) is 0.222. The van der Waals surface area contributed by atoms with Crippen molar-refractivity contribution in [2.75, 3.05) is 24.4 Å². The van der Waals surface area contributed by atoms with Crippen LogP contribution in [0.3, 0.4) is 0 Å². The SMILES string of the molecule is CCCOC(=O)c1cccc(NC(=O)Cn2cnc3sc(C(=O)Nc4ccccc4OC)c(C)c3c2=O)c1. The van der Waals surface area contributed by atoms with Crippen LogP contribution >= 0.6 is 11.3 Å². The molecule has 2 N–H and O–H groups in total. The number of carbonyl (C=O) groups excluding carboxylic acids is 3. The number of fused-ring (bicyclic) bond motifs is 1. The van der Waals surface area contributed by atoms with Gasteiger partial charge in [0.1, 0.15) is 17.1 Å². The molecule has 2 aromatic carbocycles. The number of aryl methyl sites for hydroxylation is 1. The number of anilines is 2. The first-order chi connectivity index (χ1) is 18.3. The van der Waals surface area contributed by atoms with Crippen molar-refractivity contribution < 1.29 is 23.9 Å². The van der Waals surface area contributed by atoms with Crippen molar-refractivity contribution in [3.63, 3.8) is 0 Å². The number of ether oxygens (including phenoxy) is 2. The van der Waals surface area contributed by atoms with Crippen molar-refractivity contribution in [1.82, 2.24) is 9.55 Å². The molecule has 0 aliphatic heterocycles. The van der Waals surface area contributed by atoms with Crippen LogP contribution in [0.15, 0.2) is 59.7 Å². The van der Waals surface area contributed by atoms with E-state index in [2.05, 4.69) is 15.6 Å². The van der Waals surface area contributed by atoms with E-state index in [4.69, 9.17) is 9.47 Å². The minimum Gasteiger partial charge on any atom is -0.495 e. The summed E-state index contributed by atoms with van der Waals surface area (Å²) in [5.74, 6) is -0.841. The molecule has 10 nitrogen and oxygen atoms in total. The van der Waals surface area contributed by atoms with Gasteiger partial charge in [0.25, 0.3) is 11.5 Å². The van der Waals surface area contributed by atoms with Crippen LogP contribution < -0.4 is 20.9 Å². The zero-order valence-electron chi connectivity index (χ0n) is 21.1. The summed E-state index contributed by atoms with van der Waals surface area (Å²) in [6.07, 6.45) is 1.98. The maximum atomic E-state index is 13.2. The molecule has 2 heterocycles. The summed E-state index contributed by atoms with van der Waals surface area (Å²) in [5, 5.41) is 5.77. The maximum absolute atomic E-state index is 13.2. The van der Waals surface area contributed by atoms with Gasteiger partial charge in [-0.2, -0.15) is 0 Å². The molecule has 0 fully saturated rings. The van der Waals surface area contributed by atoms with Crippen LogP contribution in [0.1, 0.15) is 38.9 Å². The second-order valence-corrected chi connectivity index (χ2v) is 9.33. The molecule has 0 unspecified atom stereocenters. The summed E-state index contributed by atoms with van der Waals surface area (Å²) in [6, 6.07) is 13.4. The fourth-order valence-corrected chi connectivity index (χ4v) is 4.81. The Morgan fingerprint density at radius 2 is 1.87 bits per heavy atom. The first-order valence-corrected chi connectivity index (χ1v) is 12.6. The van der Waals surface area contributed by atoms with E-state index in [9.17, 15) is 19.2 Å². The molecule has 38 heavy (non-hydrogen) atoms. The van der Waals surface area contributed by atoms with Crippen LogP contribution in [0.4, 0.5) is 11.4 Å². The number of amides is 2. The number of rotatable bonds is 9. The van der Waals surface area contributed by atoms with Gasteiger partial charge in [0.2, 0.25) is 5.91 Å². The summed E-state index contributed by atoms with van der Waals surface area (Å²) >= 11 is 1.10. The highest BCUT2D eigenvalue weighted by molar-refractivity contribution is 7.20. The summed E-state index contributed by atoms with van der Waals surface area (Å²) in [5.41, 5.74) is 1.24. The lowest BCUT2D eigenvalue weighted by atomic mass is 10.2. The Morgan fingerprint density at radius 3 is 2.63 bits per heavy atom. The molecule has 0 aliphatic rings. The third kappa shape index (κ3) is 5.73. The summed E-state index contributed by atoms with van der Waals surface area (Å²) < 4.78 is 11.6. The van der Waals surface area contributed by atoms with E-state index >= 15 is 0 Å². The highest BCUT2D eigenvalue weighted by atomic mass is 32.1. The summed E-state index contributed by atoms with van der Waals surface area (Å²) in [6.45, 7) is 3.57. The smallest absolute Gasteiger partial charge is 0.338 e. The van der Waals surface area contributed by atoms with Crippen molar-refractivity contribution in [3.05, 3.63) is 81.2 Å². The Kier molecular flexibility index (Phi) is 8.17. The number of methoxy groups -OCH3 is 1. The number of para-hydroxylation sites is 2. The van der Waals surface area contributed by atoms with Crippen molar-refractivity contribution in [2.24, 2.45) is 0 Å². The highest BCUT2D eigenvalue weighted by Gasteiger charge is 2.21. The van der Waals surface area contributed by atoms with Crippen molar-refractivity contribution in [1.29, 1.82) is 0 Å². The Bertz CT molecular complexity index is 1580. The van der Waals surface area contributed by atoms with E-state index in [1.807, 2.05) is 6.92 Å². The number of hydrogen-bond acceptors (Lipinski definition) is 8. The monoisotopic (exact) mass is 534 g/mol. The Balaban J connectivity index is 1.52. The molecule has 0 aliphatic carbocycles. The van der Waals surface area contributed by atoms with Gasteiger partial charge in [-0.05, 0) is 49.2 Å². The molecule has 4 rings (SSSR count). The Morgan fingerprint density at radius 1 is 1.08 bits per heavy atom. The van der Waals surface area contributed by atoms with Crippen LogP contribution in [0.25, 0.3) is 10.2 Å². The lowest BCUT2D eigenvalue weighted by Crippen LogP contribution is -2.28. The van der Waals surface area contributed by atoms with E-state index < -0.39 is 23.3 Å². The normalized spacial score (nSPS) is 10.7. The van der Waals surface area contributed by atoms with E-state index in [0.29, 0.717) is 51.0 Å². The molecule has 0 saturated carbocycles. The largest absolute Gasteiger partial charge is 0.495 e. The van der Waals surface area contributed by atoms with Crippen LogP contribution in [0.2, 0.25) is 0 Å². The number of carbonyl (C=O) groups is 3. The van der Waals surface area contributed by atoms with Gasteiger partial charge in [0, 0.05) is 5.69 Å². The van der Waals surface area contributed by atoms with Crippen LogP contribution in [0, 0.1) is 6.92 Å². The predicted octanol–water partition coefficient (Wildman–Crippen LogP) is 4.23. The molecule has 0 radical (unpaired) electrons. The van der Waals surface area contributed by atoms with Gasteiger partial charge in [-0.15, -0.1) is 11.3 Å². The standard InChI is InChI=1S/C27H26N4O6S/c1-4-12-37-27(35)17-8-7-9-18(13-17)29-21(32)14-31-15-28-25-22(26(31)34)16(2)23(38-25)24(33)30-19-10-5-6-11-20(19)36-3/h5-11,13,15H,4,12,14H2,1-3H3,(H,29,32)(H,30,33). The van der Waals surface area contributed by atoms with E-state index in [1.165, 1.54) is 24.1 Å². The topological polar surface area (TPSA) is 129 Å². The van der Waals surface area contributed by atoms with Crippen LogP contribution in [-0.2, 0) is 16.1 Å². The second-order valence-electron chi connectivity index (χ2n) is 8.33. The van der Waals surface area contributed by atoms with Gasteiger partial charge < -0.3 is 20.1 Å². The molecule has 2 amide bonds. The fourth-order valence-electron chi connectivity index (χ4n) is 3.77. The third-order valence-electron chi connectivity index (χ3n) is 5.61. The zero-order chi connectivity index (χ0) is 27.2. The molecular formula is C27H26N4O6S. The quantitative estimate of drug-likeness (QED) is 0.308. The number of nitrogens with zero attached hydrogens (tertiary/aromatic N) is 2. The number of benzene rings is 2. The van der Waals surface area contributed by atoms with Gasteiger partial charge in [-0.3, -0.25) is 19.0 Å². The lowest BCUT2D eigenvalue weighted by molar-refractivity contribution is -0.116. The molecule has 0 bridgehead atoms. The number of aromatic nitrogens is 2. The average Bonchev–Trinajstić information content (AvgIpc) is 3.26. The van der Waals surface area contributed by atoms with Crippen molar-refractivity contribution in [2.45, 2.75) is 26.8 Å². The van der Waals surface area contributed by atoms with Gasteiger partial charge in [-0.1, -0.05) is 25.1 Å². The van der Waals surface area contributed by atoms with E-state index in [-0.39, 0.29) is 11.9 Å². The van der Waals surface area contributed by atoms with Crippen LogP contribution in [0.5, 0.6) is 5.75 Å². The molecule has 196 valence electrons. The maximum Gasteiger partial charge on any atom is 0.338 e. The van der Waals surface area contributed by atoms with Gasteiger partial charge in [-0.25, -0.2) is 9.78 Å². The molecule has 11 heteroatoms. The minimum atomic E-state index is -0.479. The summed E-state index contributed by atoms with van der Waals surface area (Å²) in [7, 11) is 1.51. The van der Waals surface area contributed by atoms with Crippen LogP contribution in [-0.4, -0.2) is 41.1 Å². The molecular weight excluding hydrogens is 508 g/mol. The van der Waals surface area contributed by atoms with E-state index in [0.717, 1.165) is 11.3 Å². The van der Waals surface area contributed by atoms with Gasteiger partial charge >= 0.3 is 5.97 Å². The highest BCUT2D eigenvalue weighted by Crippen LogP contribution is 2.29. The Hall–Kier alpha value is -4.51. The number of esters is 1. The molecule has 0 spiro atoms. The first kappa shape index (κ1) is 26.6. The zero-order valence-corrected chi connectivity index (χ0v) is 21.9. The van der Waals surface area contributed by atoms with Gasteiger partial charge in [0.05, 0.1) is 41.6 Å². The minimum absolute atomic E-state index is 0.274. The van der Waals surface area contributed by atoms with Crippen molar-refractivity contribution >= 4 is 50.7 Å². The lowest BCUT2D eigenvalue weighted by Gasteiger charge is -2.09. The number of hydrogen-bond donors (Lipinski definition) is 2. The number of nitrogens with one attached hydrogen (secondary N) is 2. The average molecular weight is 535 g/mol. The third-order valence-corrected chi connectivity index (χ3v) is 6.81. The predicted molar refractivity (Wildman–Crippen MR) is 145 cm³/mol.